The summed E-state index contributed by atoms with van der Waals surface area (Å²) in [6, 6.07) is 10.3. The maximum atomic E-state index is 7.98. The Morgan fingerprint density at radius 3 is 2.65 bits per heavy atom. The summed E-state index contributed by atoms with van der Waals surface area (Å²) < 4.78 is 5.89. The predicted octanol–water partition coefficient (Wildman–Crippen LogP) is 2.44. The van der Waals surface area contributed by atoms with Crippen LogP contribution in [0.1, 0.15) is 24.8 Å². The van der Waals surface area contributed by atoms with Crippen molar-refractivity contribution < 1.29 is 4.74 Å². The molecule has 1 aliphatic carbocycles. The van der Waals surface area contributed by atoms with Gasteiger partial charge in [-0.1, -0.05) is 36.7 Å². The molecular weight excluding hydrogens is 209 g/mol. The third-order valence-corrected chi connectivity index (χ3v) is 3.60. The fourth-order valence-electron chi connectivity index (χ4n) is 2.46. The molecule has 1 aromatic rings. The lowest BCUT2D eigenvalue weighted by atomic mass is 9.78. The highest BCUT2D eigenvalue weighted by Gasteiger charge is 2.24. The first-order valence-electron chi connectivity index (χ1n) is 6.52. The van der Waals surface area contributed by atoms with Crippen LogP contribution in [0, 0.1) is 11.3 Å². The van der Waals surface area contributed by atoms with Gasteiger partial charge >= 0.3 is 0 Å². The molecule has 2 atom stereocenters. The smallest absolute Gasteiger partial charge is 0.102 e. The van der Waals surface area contributed by atoms with Crippen molar-refractivity contribution >= 4 is 13.6 Å². The van der Waals surface area contributed by atoms with Gasteiger partial charge in [-0.3, -0.25) is 0 Å². The van der Waals surface area contributed by atoms with E-state index in [1.54, 1.807) is 0 Å². The van der Waals surface area contributed by atoms with E-state index in [1.807, 2.05) is 18.2 Å². The van der Waals surface area contributed by atoms with Crippen LogP contribution in [0.4, 0.5) is 0 Å². The molecule has 2 rings (SSSR count). The topological polar surface area (TPSA) is 33.1 Å². The maximum Gasteiger partial charge on any atom is 0.102 e. The van der Waals surface area contributed by atoms with Crippen LogP contribution in [0.2, 0.25) is 6.32 Å². The second kappa shape index (κ2) is 6.01. The summed E-state index contributed by atoms with van der Waals surface area (Å²) in [7, 11) is 2.17. The molecule has 1 aromatic carbocycles. The summed E-state index contributed by atoms with van der Waals surface area (Å²) in [5.41, 5.74) is 2.11. The molecule has 1 aliphatic rings. The van der Waals surface area contributed by atoms with Crippen molar-refractivity contribution in [1.82, 2.24) is 0 Å². The van der Waals surface area contributed by atoms with Gasteiger partial charge in [0, 0.05) is 12.1 Å². The summed E-state index contributed by atoms with van der Waals surface area (Å²) in [4.78, 5) is 0. The Kier molecular flexibility index (Phi) is 4.38. The molecule has 0 radical (unpaired) electrons. The minimum atomic E-state index is 0.255. The molecular formula is C14H20BNO. The molecule has 2 unspecified atom stereocenters. The highest BCUT2D eigenvalue weighted by atomic mass is 16.5. The van der Waals surface area contributed by atoms with Crippen molar-refractivity contribution in [3.8, 4) is 0 Å². The monoisotopic (exact) mass is 229 g/mol. The molecule has 3 heteroatoms. The van der Waals surface area contributed by atoms with E-state index in [1.165, 1.54) is 5.56 Å². The van der Waals surface area contributed by atoms with Gasteiger partial charge in [-0.2, -0.15) is 0 Å². The molecule has 0 amide bonds. The molecule has 0 spiro atoms. The quantitative estimate of drug-likeness (QED) is 0.790. The minimum absolute atomic E-state index is 0.255. The first kappa shape index (κ1) is 12.4. The molecule has 0 aliphatic heterocycles. The zero-order chi connectivity index (χ0) is 12.1. The molecule has 90 valence electrons. The van der Waals surface area contributed by atoms with Crippen molar-refractivity contribution in [2.24, 2.45) is 5.92 Å². The van der Waals surface area contributed by atoms with Crippen LogP contribution < -0.4 is 0 Å². The molecule has 1 N–H and O–H groups in total. The summed E-state index contributed by atoms with van der Waals surface area (Å²) in [5.74, 6) is 0.506. The molecule has 0 aromatic heterocycles. The van der Waals surface area contributed by atoms with Gasteiger partial charge in [-0.25, -0.2) is 0 Å². The van der Waals surface area contributed by atoms with Crippen LogP contribution in [0.3, 0.4) is 0 Å². The van der Waals surface area contributed by atoms with Crippen molar-refractivity contribution in [2.45, 2.75) is 38.3 Å². The Labute approximate surface area is 104 Å². The molecule has 0 heterocycles. The van der Waals surface area contributed by atoms with Gasteiger partial charge in [0.05, 0.1) is 12.7 Å². The standard InChI is InChI=1S/C14H20BNO/c15-9-12-6-7-13(8-14(12)16)17-10-11-4-2-1-3-5-11/h1-5,12-13,16H,6-10,15H2. The largest absolute Gasteiger partial charge is 0.373 e. The summed E-state index contributed by atoms with van der Waals surface area (Å²) in [5, 5.41) is 7.98. The van der Waals surface area contributed by atoms with Crippen molar-refractivity contribution in [3.63, 3.8) is 0 Å². The van der Waals surface area contributed by atoms with E-state index in [9.17, 15) is 0 Å². The van der Waals surface area contributed by atoms with Gasteiger partial charge in [0.15, 0.2) is 0 Å². The maximum absolute atomic E-state index is 7.98. The summed E-state index contributed by atoms with van der Waals surface area (Å²) in [6.45, 7) is 0.676. The third-order valence-electron chi connectivity index (χ3n) is 3.60. The van der Waals surface area contributed by atoms with Gasteiger partial charge in [-0.05, 0) is 24.3 Å². The molecule has 17 heavy (non-hydrogen) atoms. The molecule has 0 bridgehead atoms. The van der Waals surface area contributed by atoms with Crippen molar-refractivity contribution in [1.29, 1.82) is 5.41 Å². The minimum Gasteiger partial charge on any atom is -0.373 e. The van der Waals surface area contributed by atoms with E-state index in [-0.39, 0.29) is 6.10 Å². The number of benzene rings is 1. The predicted molar refractivity (Wildman–Crippen MR) is 73.4 cm³/mol. The van der Waals surface area contributed by atoms with Gasteiger partial charge in [-0.15, -0.1) is 0 Å². The Bertz CT molecular complexity index is 366. The molecule has 2 nitrogen and oxygen atoms in total. The SMILES string of the molecule is BCC1CCC(OCc2ccccc2)CC1=N. The number of rotatable bonds is 4. The van der Waals surface area contributed by atoms with Crippen LogP contribution >= 0.6 is 0 Å². The van der Waals surface area contributed by atoms with E-state index in [0.29, 0.717) is 12.5 Å². The summed E-state index contributed by atoms with van der Waals surface area (Å²) >= 11 is 0. The van der Waals surface area contributed by atoms with Gasteiger partial charge in [0.2, 0.25) is 0 Å². The fourth-order valence-corrected chi connectivity index (χ4v) is 2.46. The van der Waals surface area contributed by atoms with E-state index in [4.69, 9.17) is 10.1 Å². The van der Waals surface area contributed by atoms with E-state index >= 15 is 0 Å². The average molecular weight is 229 g/mol. The second-order valence-corrected chi connectivity index (χ2v) is 4.83. The normalized spacial score (nSPS) is 24.8. The molecule has 0 saturated heterocycles. The third kappa shape index (κ3) is 3.43. The summed E-state index contributed by atoms with van der Waals surface area (Å²) in [6.07, 6.45) is 4.41. The Hall–Kier alpha value is -1.09. The number of nitrogens with one attached hydrogen (secondary N) is 1. The number of hydrogen-bond donors (Lipinski definition) is 1. The Balaban J connectivity index is 1.80. The van der Waals surface area contributed by atoms with E-state index in [2.05, 4.69) is 20.0 Å². The Morgan fingerprint density at radius 1 is 1.24 bits per heavy atom. The van der Waals surface area contributed by atoms with Crippen molar-refractivity contribution in [2.75, 3.05) is 0 Å². The average Bonchev–Trinajstić information content (AvgIpc) is 2.38. The molecule has 1 fully saturated rings. The Morgan fingerprint density at radius 2 is 2.00 bits per heavy atom. The van der Waals surface area contributed by atoms with Crippen LogP contribution in [0.15, 0.2) is 30.3 Å². The highest BCUT2D eigenvalue weighted by molar-refractivity contribution is 6.10. The van der Waals surface area contributed by atoms with Crippen LogP contribution in [-0.4, -0.2) is 19.7 Å². The second-order valence-electron chi connectivity index (χ2n) is 4.83. The zero-order valence-corrected chi connectivity index (χ0v) is 10.5. The van der Waals surface area contributed by atoms with Crippen molar-refractivity contribution in [3.05, 3.63) is 35.9 Å². The van der Waals surface area contributed by atoms with Gasteiger partial charge in [0.1, 0.15) is 7.85 Å². The van der Waals surface area contributed by atoms with Crippen LogP contribution in [-0.2, 0) is 11.3 Å². The van der Waals surface area contributed by atoms with E-state index in [0.717, 1.165) is 31.3 Å². The van der Waals surface area contributed by atoms with Crippen LogP contribution in [0.5, 0.6) is 0 Å². The number of hydrogen-bond acceptors (Lipinski definition) is 2. The lowest BCUT2D eigenvalue weighted by Crippen LogP contribution is -2.29. The molecule has 1 saturated carbocycles. The highest BCUT2D eigenvalue weighted by Crippen LogP contribution is 2.26. The first-order valence-corrected chi connectivity index (χ1v) is 6.52. The first-order chi connectivity index (χ1) is 8.29. The lowest BCUT2D eigenvalue weighted by Gasteiger charge is -2.28. The van der Waals surface area contributed by atoms with Crippen LogP contribution in [0.25, 0.3) is 0 Å². The van der Waals surface area contributed by atoms with Gasteiger partial charge in [0.25, 0.3) is 0 Å². The zero-order valence-electron chi connectivity index (χ0n) is 10.5. The van der Waals surface area contributed by atoms with Gasteiger partial charge < -0.3 is 10.1 Å². The lowest BCUT2D eigenvalue weighted by molar-refractivity contribution is 0.0312. The fraction of sp³-hybridized carbons (Fsp3) is 0.500. The number of ether oxygens (including phenoxy) is 1. The van der Waals surface area contributed by atoms with E-state index < -0.39 is 0 Å².